The first kappa shape index (κ1) is 18.2. The van der Waals surface area contributed by atoms with E-state index in [9.17, 15) is 4.79 Å². The summed E-state index contributed by atoms with van der Waals surface area (Å²) in [5.74, 6) is 1.20. The van der Waals surface area contributed by atoms with Crippen LogP contribution < -0.4 is 19.7 Å². The van der Waals surface area contributed by atoms with Crippen LogP contribution in [0.25, 0.3) is 0 Å². The monoisotopic (exact) mass is 394 g/mol. The fourth-order valence-electron chi connectivity index (χ4n) is 3.41. The van der Waals surface area contributed by atoms with Crippen molar-refractivity contribution in [1.82, 2.24) is 0 Å². The lowest BCUT2D eigenvalue weighted by Crippen LogP contribution is -2.32. The zero-order chi connectivity index (χ0) is 19.7. The van der Waals surface area contributed by atoms with E-state index in [1.807, 2.05) is 54.6 Å². The minimum Gasteiger partial charge on any atom is -0.493 e. The van der Waals surface area contributed by atoms with Crippen molar-refractivity contribution in [3.8, 4) is 11.5 Å². The van der Waals surface area contributed by atoms with Gasteiger partial charge in [-0.2, -0.15) is 0 Å². The van der Waals surface area contributed by atoms with Crippen molar-refractivity contribution in [2.75, 3.05) is 24.4 Å². The number of hydrogen-bond acceptors (Lipinski definition) is 4. The van der Waals surface area contributed by atoms with E-state index in [-0.39, 0.29) is 12.1 Å². The highest BCUT2D eigenvalue weighted by Crippen LogP contribution is 2.39. The number of methoxy groups -OCH3 is 2. The molecular weight excluding hydrogens is 376 g/mol. The van der Waals surface area contributed by atoms with Gasteiger partial charge in [-0.1, -0.05) is 29.8 Å². The van der Waals surface area contributed by atoms with Gasteiger partial charge in [-0.25, -0.2) is 0 Å². The van der Waals surface area contributed by atoms with E-state index in [0.29, 0.717) is 22.1 Å². The van der Waals surface area contributed by atoms with Crippen LogP contribution >= 0.6 is 11.6 Å². The largest absolute Gasteiger partial charge is 0.493 e. The summed E-state index contributed by atoms with van der Waals surface area (Å²) in [6.07, 6.45) is -0.358. The quantitative estimate of drug-likeness (QED) is 0.651. The van der Waals surface area contributed by atoms with Crippen LogP contribution in [0.15, 0.2) is 66.7 Å². The molecule has 4 rings (SSSR count). The molecule has 5 nitrogen and oxygen atoms in total. The predicted molar refractivity (Wildman–Crippen MR) is 111 cm³/mol. The molecule has 6 heteroatoms. The van der Waals surface area contributed by atoms with E-state index in [0.717, 1.165) is 16.9 Å². The molecule has 0 bridgehead atoms. The number of benzene rings is 3. The summed E-state index contributed by atoms with van der Waals surface area (Å²) in [6, 6.07) is 20.4. The van der Waals surface area contributed by atoms with Gasteiger partial charge in [0.25, 0.3) is 5.91 Å². The maximum absolute atomic E-state index is 13.1. The Morgan fingerprint density at radius 3 is 2.36 bits per heavy atom. The summed E-state index contributed by atoms with van der Waals surface area (Å²) >= 11 is 6.03. The third-order valence-electron chi connectivity index (χ3n) is 4.75. The van der Waals surface area contributed by atoms with E-state index in [4.69, 9.17) is 21.1 Å². The highest BCUT2D eigenvalue weighted by molar-refractivity contribution is 6.30. The highest BCUT2D eigenvalue weighted by Gasteiger charge is 2.37. The normalized spacial score (nSPS) is 15.3. The average Bonchev–Trinajstić information content (AvgIpc) is 3.00. The summed E-state index contributed by atoms with van der Waals surface area (Å²) in [6.45, 7) is 0. The van der Waals surface area contributed by atoms with Gasteiger partial charge in [0.1, 0.15) is 6.17 Å². The molecule has 0 spiro atoms. The van der Waals surface area contributed by atoms with E-state index >= 15 is 0 Å². The molecule has 1 aliphatic heterocycles. The summed E-state index contributed by atoms with van der Waals surface area (Å²) in [7, 11) is 3.19. The Bertz CT molecular complexity index is 1020. The van der Waals surface area contributed by atoms with Crippen molar-refractivity contribution in [1.29, 1.82) is 0 Å². The standard InChI is InChI=1S/C22H19ClN2O3/c1-27-19-12-9-15(13-20(19)28-2)24-21-17-5-3-4-6-18(17)22(26)25(21)16-10-7-14(23)8-11-16/h3-13,21,24H,1-2H3/t21-/m1/s1. The number of carbonyl (C=O) groups is 1. The number of carbonyl (C=O) groups excluding carboxylic acids is 1. The first-order chi connectivity index (χ1) is 13.6. The molecule has 0 aromatic heterocycles. The Kier molecular flexibility index (Phi) is 4.84. The molecule has 3 aromatic carbocycles. The number of nitrogens with one attached hydrogen (secondary N) is 1. The number of anilines is 2. The van der Waals surface area contributed by atoms with Crippen LogP contribution in [-0.4, -0.2) is 20.1 Å². The molecular formula is C22H19ClN2O3. The third-order valence-corrected chi connectivity index (χ3v) is 5.01. The number of fused-ring (bicyclic) bond motifs is 1. The molecule has 0 fully saturated rings. The zero-order valence-corrected chi connectivity index (χ0v) is 16.2. The van der Waals surface area contributed by atoms with Crippen LogP contribution in [0.1, 0.15) is 22.1 Å². The van der Waals surface area contributed by atoms with Gasteiger partial charge in [0.05, 0.1) is 14.2 Å². The molecule has 3 aromatic rings. The maximum atomic E-state index is 13.1. The molecule has 0 saturated heterocycles. The molecule has 0 unspecified atom stereocenters. The minimum atomic E-state index is -0.358. The van der Waals surface area contributed by atoms with E-state index < -0.39 is 0 Å². The fourth-order valence-corrected chi connectivity index (χ4v) is 3.54. The molecule has 1 atom stereocenters. The van der Waals surface area contributed by atoms with Gasteiger partial charge >= 0.3 is 0 Å². The SMILES string of the molecule is COc1ccc(N[C@H]2c3ccccc3C(=O)N2c2ccc(Cl)cc2)cc1OC. The van der Waals surface area contributed by atoms with Crippen molar-refractivity contribution >= 4 is 28.9 Å². The van der Waals surface area contributed by atoms with Crippen LogP contribution in [0.4, 0.5) is 11.4 Å². The molecule has 1 N–H and O–H groups in total. The first-order valence-corrected chi connectivity index (χ1v) is 9.17. The molecule has 1 amide bonds. The van der Waals surface area contributed by atoms with Crippen molar-refractivity contribution < 1.29 is 14.3 Å². The van der Waals surface area contributed by atoms with Crippen LogP contribution in [0, 0.1) is 0 Å². The zero-order valence-electron chi connectivity index (χ0n) is 15.5. The molecule has 0 saturated carbocycles. The van der Waals surface area contributed by atoms with E-state index in [2.05, 4.69) is 5.32 Å². The second-order valence-electron chi connectivity index (χ2n) is 6.36. The van der Waals surface area contributed by atoms with Gasteiger partial charge in [0.15, 0.2) is 11.5 Å². The van der Waals surface area contributed by atoms with Crippen LogP contribution in [0.2, 0.25) is 5.02 Å². The number of nitrogens with zero attached hydrogens (tertiary/aromatic N) is 1. The van der Waals surface area contributed by atoms with Gasteiger partial charge < -0.3 is 14.8 Å². The number of ether oxygens (including phenoxy) is 2. The Morgan fingerprint density at radius 2 is 1.64 bits per heavy atom. The second-order valence-corrected chi connectivity index (χ2v) is 6.79. The molecule has 1 heterocycles. The summed E-state index contributed by atoms with van der Waals surface area (Å²) < 4.78 is 10.7. The predicted octanol–water partition coefficient (Wildman–Crippen LogP) is 5.13. The van der Waals surface area contributed by atoms with Crippen molar-refractivity contribution in [3.63, 3.8) is 0 Å². The molecule has 0 aliphatic carbocycles. The second kappa shape index (κ2) is 7.44. The Labute approximate surface area is 168 Å². The molecule has 142 valence electrons. The summed E-state index contributed by atoms with van der Waals surface area (Å²) in [5.41, 5.74) is 3.17. The van der Waals surface area contributed by atoms with Crippen molar-refractivity contribution in [3.05, 3.63) is 82.9 Å². The van der Waals surface area contributed by atoms with Crippen molar-refractivity contribution in [2.45, 2.75) is 6.17 Å². The van der Waals surface area contributed by atoms with Gasteiger partial charge in [-0.05, 0) is 42.5 Å². The topological polar surface area (TPSA) is 50.8 Å². The van der Waals surface area contributed by atoms with Gasteiger partial charge in [-0.3, -0.25) is 9.69 Å². The average molecular weight is 395 g/mol. The Morgan fingerprint density at radius 1 is 0.929 bits per heavy atom. The summed E-state index contributed by atoms with van der Waals surface area (Å²) in [4.78, 5) is 14.8. The lowest BCUT2D eigenvalue weighted by Gasteiger charge is -2.27. The number of halogens is 1. The Hall–Kier alpha value is -3.18. The van der Waals surface area contributed by atoms with Gasteiger partial charge in [-0.15, -0.1) is 0 Å². The highest BCUT2D eigenvalue weighted by atomic mass is 35.5. The van der Waals surface area contributed by atoms with Crippen LogP contribution in [0.5, 0.6) is 11.5 Å². The maximum Gasteiger partial charge on any atom is 0.260 e. The number of amides is 1. The van der Waals surface area contributed by atoms with Gasteiger partial charge in [0, 0.05) is 33.6 Å². The van der Waals surface area contributed by atoms with E-state index in [1.54, 1.807) is 31.3 Å². The number of hydrogen-bond donors (Lipinski definition) is 1. The molecule has 1 aliphatic rings. The van der Waals surface area contributed by atoms with Crippen LogP contribution in [-0.2, 0) is 0 Å². The number of rotatable bonds is 5. The Balaban J connectivity index is 1.75. The summed E-state index contributed by atoms with van der Waals surface area (Å²) in [5, 5.41) is 4.08. The molecule has 28 heavy (non-hydrogen) atoms. The van der Waals surface area contributed by atoms with Gasteiger partial charge in [0.2, 0.25) is 0 Å². The molecule has 0 radical (unpaired) electrons. The lowest BCUT2D eigenvalue weighted by atomic mass is 10.1. The van der Waals surface area contributed by atoms with Crippen LogP contribution in [0.3, 0.4) is 0 Å². The van der Waals surface area contributed by atoms with Crippen molar-refractivity contribution in [2.24, 2.45) is 0 Å². The minimum absolute atomic E-state index is 0.0594. The first-order valence-electron chi connectivity index (χ1n) is 8.79. The third kappa shape index (κ3) is 3.14. The van der Waals surface area contributed by atoms with E-state index in [1.165, 1.54) is 0 Å². The fraction of sp³-hybridized carbons (Fsp3) is 0.136. The lowest BCUT2D eigenvalue weighted by molar-refractivity contribution is 0.0993. The smallest absolute Gasteiger partial charge is 0.260 e.